The highest BCUT2D eigenvalue weighted by Gasteiger charge is 2.18. The van der Waals surface area contributed by atoms with Crippen LogP contribution >= 0.6 is 11.8 Å². The van der Waals surface area contributed by atoms with E-state index >= 15 is 0 Å². The minimum absolute atomic E-state index is 0.148. The number of hydrogen-bond donors (Lipinski definition) is 1. The Hall–Kier alpha value is -2.39. The van der Waals surface area contributed by atoms with E-state index < -0.39 is 10.0 Å². The second-order valence-corrected chi connectivity index (χ2v) is 9.28. The molecule has 0 saturated heterocycles. The van der Waals surface area contributed by atoms with Gasteiger partial charge in [0.2, 0.25) is 15.9 Å². The lowest BCUT2D eigenvalue weighted by Crippen LogP contribution is -2.33. The van der Waals surface area contributed by atoms with Crippen LogP contribution in [0.2, 0.25) is 0 Å². The van der Waals surface area contributed by atoms with Gasteiger partial charge in [0.15, 0.2) is 11.5 Å². The second-order valence-electron chi connectivity index (χ2n) is 6.49. The van der Waals surface area contributed by atoms with Gasteiger partial charge in [-0.2, -0.15) is 0 Å². The van der Waals surface area contributed by atoms with Crippen molar-refractivity contribution in [2.24, 2.45) is 0 Å². The Kier molecular flexibility index (Phi) is 9.32. The van der Waals surface area contributed by atoms with Crippen LogP contribution in [0.5, 0.6) is 11.5 Å². The summed E-state index contributed by atoms with van der Waals surface area (Å²) in [6.07, 6.45) is 3.75. The monoisotopic (exact) mass is 452 g/mol. The highest BCUT2D eigenvalue weighted by molar-refractivity contribution is 7.98. The number of carbonyl (C=O) groups excluding carboxylic acids is 1. The molecule has 0 unspecified atom stereocenters. The normalized spacial score (nSPS) is 11.0. The van der Waals surface area contributed by atoms with Crippen molar-refractivity contribution in [3.05, 3.63) is 48.5 Å². The number of thioether (sulfide) groups is 1. The summed E-state index contributed by atoms with van der Waals surface area (Å²) in [7, 11) is -1.87. The fourth-order valence-corrected chi connectivity index (χ4v) is 4.22. The van der Waals surface area contributed by atoms with Crippen LogP contribution in [0.25, 0.3) is 0 Å². The number of para-hydroxylation sites is 2. The predicted octanol–water partition coefficient (Wildman–Crippen LogP) is 3.16. The minimum atomic E-state index is -3.44. The number of benzene rings is 2. The van der Waals surface area contributed by atoms with E-state index in [0.717, 1.165) is 4.90 Å². The number of rotatable bonds is 12. The molecule has 0 heterocycles. The SMILES string of the molecule is COc1ccccc1OCCNC(=O)CCCN(c1cccc(SC)c1)S(C)(=O)=O. The molecule has 0 spiro atoms. The molecule has 0 aliphatic carbocycles. The first-order chi connectivity index (χ1) is 14.3. The van der Waals surface area contributed by atoms with E-state index in [4.69, 9.17) is 9.47 Å². The minimum Gasteiger partial charge on any atom is -0.493 e. The molecule has 0 radical (unpaired) electrons. The second kappa shape index (κ2) is 11.7. The predicted molar refractivity (Wildman–Crippen MR) is 121 cm³/mol. The summed E-state index contributed by atoms with van der Waals surface area (Å²) in [5, 5.41) is 2.78. The lowest BCUT2D eigenvalue weighted by atomic mass is 10.2. The van der Waals surface area contributed by atoms with Crippen molar-refractivity contribution in [1.29, 1.82) is 0 Å². The van der Waals surface area contributed by atoms with Crippen molar-refractivity contribution in [1.82, 2.24) is 5.32 Å². The van der Waals surface area contributed by atoms with Gasteiger partial charge in [-0.3, -0.25) is 9.10 Å². The van der Waals surface area contributed by atoms with E-state index in [1.807, 2.05) is 36.6 Å². The van der Waals surface area contributed by atoms with Gasteiger partial charge in [-0.25, -0.2) is 8.42 Å². The number of nitrogens with one attached hydrogen (secondary N) is 1. The molecule has 0 saturated carbocycles. The van der Waals surface area contributed by atoms with Gasteiger partial charge in [-0.05, 0) is 43.0 Å². The van der Waals surface area contributed by atoms with Crippen LogP contribution in [0, 0.1) is 0 Å². The Morgan fingerprint density at radius 2 is 1.87 bits per heavy atom. The van der Waals surface area contributed by atoms with Gasteiger partial charge in [0.05, 0.1) is 25.6 Å². The zero-order valence-electron chi connectivity index (χ0n) is 17.5. The smallest absolute Gasteiger partial charge is 0.232 e. The molecule has 30 heavy (non-hydrogen) atoms. The number of ether oxygens (including phenoxy) is 2. The molecule has 9 heteroatoms. The average molecular weight is 453 g/mol. The summed E-state index contributed by atoms with van der Waals surface area (Å²) in [6, 6.07) is 14.6. The zero-order valence-corrected chi connectivity index (χ0v) is 19.1. The summed E-state index contributed by atoms with van der Waals surface area (Å²) in [4.78, 5) is 13.1. The van der Waals surface area contributed by atoms with E-state index in [0.29, 0.717) is 36.8 Å². The summed E-state index contributed by atoms with van der Waals surface area (Å²) in [5.74, 6) is 1.10. The van der Waals surface area contributed by atoms with Gasteiger partial charge in [-0.1, -0.05) is 18.2 Å². The molecule has 7 nitrogen and oxygen atoms in total. The average Bonchev–Trinajstić information content (AvgIpc) is 2.73. The molecule has 0 bridgehead atoms. The van der Waals surface area contributed by atoms with E-state index in [9.17, 15) is 13.2 Å². The summed E-state index contributed by atoms with van der Waals surface area (Å²) >= 11 is 1.55. The van der Waals surface area contributed by atoms with Gasteiger partial charge in [-0.15, -0.1) is 11.8 Å². The first kappa shape index (κ1) is 23.9. The molecule has 2 aromatic rings. The van der Waals surface area contributed by atoms with Gasteiger partial charge < -0.3 is 14.8 Å². The lowest BCUT2D eigenvalue weighted by molar-refractivity contribution is -0.121. The van der Waals surface area contributed by atoms with Crippen molar-refractivity contribution in [3.63, 3.8) is 0 Å². The molecule has 0 aliphatic heterocycles. The van der Waals surface area contributed by atoms with Crippen molar-refractivity contribution in [2.75, 3.05) is 43.6 Å². The van der Waals surface area contributed by atoms with E-state index in [-0.39, 0.29) is 18.9 Å². The van der Waals surface area contributed by atoms with Gasteiger partial charge >= 0.3 is 0 Å². The molecule has 0 atom stereocenters. The lowest BCUT2D eigenvalue weighted by Gasteiger charge is -2.22. The highest BCUT2D eigenvalue weighted by atomic mass is 32.2. The van der Waals surface area contributed by atoms with Crippen LogP contribution in [-0.4, -0.2) is 53.6 Å². The third-order valence-electron chi connectivity index (χ3n) is 4.26. The Bertz CT molecular complexity index is 934. The highest BCUT2D eigenvalue weighted by Crippen LogP contribution is 2.26. The van der Waals surface area contributed by atoms with Crippen LogP contribution in [0.4, 0.5) is 5.69 Å². The zero-order chi connectivity index (χ0) is 22.0. The molecular formula is C21H28N2O5S2. The Balaban J connectivity index is 1.78. The van der Waals surface area contributed by atoms with Crippen LogP contribution in [0.15, 0.2) is 53.4 Å². The maximum absolute atomic E-state index is 12.2. The number of amides is 1. The number of sulfonamides is 1. The standard InChI is InChI=1S/C21H28N2O5S2/c1-27-19-10-4-5-11-20(19)28-15-13-22-21(24)12-7-14-23(30(3,25)26)17-8-6-9-18(16-17)29-2/h4-6,8-11,16H,7,12-15H2,1-3H3,(H,22,24). The molecule has 1 amide bonds. The Labute approximate surface area is 182 Å². The molecule has 1 N–H and O–H groups in total. The third-order valence-corrected chi connectivity index (χ3v) is 6.18. The van der Waals surface area contributed by atoms with Gasteiger partial charge in [0.1, 0.15) is 6.61 Å². The fraction of sp³-hybridized carbons (Fsp3) is 0.381. The van der Waals surface area contributed by atoms with Crippen molar-refractivity contribution in [2.45, 2.75) is 17.7 Å². The summed E-state index contributed by atoms with van der Waals surface area (Å²) in [5.41, 5.74) is 0.606. The van der Waals surface area contributed by atoms with Gasteiger partial charge in [0, 0.05) is 17.9 Å². The first-order valence-corrected chi connectivity index (χ1v) is 12.6. The maximum Gasteiger partial charge on any atom is 0.232 e. The molecular weight excluding hydrogens is 424 g/mol. The van der Waals surface area contributed by atoms with Crippen LogP contribution in [0.1, 0.15) is 12.8 Å². The van der Waals surface area contributed by atoms with Crippen LogP contribution in [0.3, 0.4) is 0 Å². The molecule has 0 fully saturated rings. The number of carbonyl (C=O) groups is 1. The molecule has 2 aromatic carbocycles. The van der Waals surface area contributed by atoms with Gasteiger partial charge in [0.25, 0.3) is 0 Å². The van der Waals surface area contributed by atoms with Crippen molar-refractivity contribution in [3.8, 4) is 11.5 Å². The van der Waals surface area contributed by atoms with Crippen molar-refractivity contribution >= 4 is 33.4 Å². The molecule has 0 aliphatic rings. The quantitative estimate of drug-likeness (QED) is 0.393. The maximum atomic E-state index is 12.2. The van der Waals surface area contributed by atoms with Crippen LogP contribution in [-0.2, 0) is 14.8 Å². The molecule has 2 rings (SSSR count). The topological polar surface area (TPSA) is 84.9 Å². The number of hydrogen-bond acceptors (Lipinski definition) is 6. The summed E-state index contributed by atoms with van der Waals surface area (Å²) in [6.45, 7) is 0.896. The van der Waals surface area contributed by atoms with Crippen LogP contribution < -0.4 is 19.1 Å². The molecule has 0 aromatic heterocycles. The molecule has 164 valence electrons. The number of methoxy groups -OCH3 is 1. The van der Waals surface area contributed by atoms with E-state index in [2.05, 4.69) is 5.32 Å². The first-order valence-electron chi connectivity index (χ1n) is 9.49. The fourth-order valence-electron chi connectivity index (χ4n) is 2.81. The third kappa shape index (κ3) is 7.46. The Morgan fingerprint density at radius 3 is 2.53 bits per heavy atom. The van der Waals surface area contributed by atoms with E-state index in [1.54, 1.807) is 37.1 Å². The number of anilines is 1. The Morgan fingerprint density at radius 1 is 1.13 bits per heavy atom. The summed E-state index contributed by atoms with van der Waals surface area (Å²) < 4.78 is 36.6. The van der Waals surface area contributed by atoms with E-state index in [1.165, 1.54) is 10.6 Å². The van der Waals surface area contributed by atoms with Crippen molar-refractivity contribution < 1.29 is 22.7 Å². The largest absolute Gasteiger partial charge is 0.493 e. The number of nitrogens with zero attached hydrogens (tertiary/aromatic N) is 1.